The van der Waals surface area contributed by atoms with Crippen molar-refractivity contribution in [3.05, 3.63) is 122 Å². The molecule has 0 amide bonds. The number of carbonyl (C=O) groups excluding carboxylic acids is 3. The predicted molar refractivity (Wildman–Crippen MR) is 316 cm³/mol. The molecule has 0 aromatic rings. The number of ether oxygens (including phenoxy) is 3. The highest BCUT2D eigenvalue weighted by molar-refractivity contribution is 5.71. The second-order valence-electron chi connectivity index (χ2n) is 19.5. The van der Waals surface area contributed by atoms with Crippen LogP contribution in [0.5, 0.6) is 0 Å². The highest BCUT2D eigenvalue weighted by Crippen LogP contribution is 2.15. The number of rotatable bonds is 53. The lowest BCUT2D eigenvalue weighted by molar-refractivity contribution is -0.167. The number of hydrogen-bond donors (Lipinski definition) is 0. The van der Waals surface area contributed by atoms with E-state index >= 15 is 0 Å². The van der Waals surface area contributed by atoms with Crippen molar-refractivity contribution < 1.29 is 28.6 Å². The smallest absolute Gasteiger partial charge is 0.306 e. The molecule has 0 radical (unpaired) electrons. The number of allylic oxidation sites excluding steroid dienone is 20. The zero-order valence-corrected chi connectivity index (χ0v) is 47.4. The summed E-state index contributed by atoms with van der Waals surface area (Å²) in [4.78, 5) is 38.2. The number of esters is 3. The third-order valence-electron chi connectivity index (χ3n) is 12.4. The molecule has 0 aliphatic carbocycles. The Morgan fingerprint density at radius 1 is 0.288 bits per heavy atom. The molecule has 1 atom stereocenters. The van der Waals surface area contributed by atoms with Crippen LogP contribution in [0.3, 0.4) is 0 Å². The van der Waals surface area contributed by atoms with E-state index in [1.165, 1.54) is 103 Å². The maximum absolute atomic E-state index is 12.9. The molecule has 0 N–H and O–H groups in total. The van der Waals surface area contributed by atoms with Gasteiger partial charge in [-0.25, -0.2) is 0 Å². The van der Waals surface area contributed by atoms with Crippen LogP contribution >= 0.6 is 0 Å². The van der Waals surface area contributed by atoms with Gasteiger partial charge in [0, 0.05) is 19.3 Å². The van der Waals surface area contributed by atoms with Crippen LogP contribution in [0, 0.1) is 0 Å². The third kappa shape index (κ3) is 58.6. The second-order valence-corrected chi connectivity index (χ2v) is 19.5. The molecule has 0 heterocycles. The zero-order valence-electron chi connectivity index (χ0n) is 47.4. The lowest BCUT2D eigenvalue weighted by Gasteiger charge is -2.18. The van der Waals surface area contributed by atoms with Crippen LogP contribution < -0.4 is 0 Å². The zero-order chi connectivity index (χ0) is 52.9. The molecule has 0 aromatic carbocycles. The highest BCUT2D eigenvalue weighted by atomic mass is 16.6. The molecule has 6 nitrogen and oxygen atoms in total. The van der Waals surface area contributed by atoms with Crippen LogP contribution in [0.1, 0.15) is 265 Å². The molecular weight excluding hydrogens is 901 g/mol. The summed E-state index contributed by atoms with van der Waals surface area (Å²) in [6, 6.07) is 0. The quantitative estimate of drug-likeness (QED) is 0.0261. The largest absolute Gasteiger partial charge is 0.462 e. The molecule has 73 heavy (non-hydrogen) atoms. The van der Waals surface area contributed by atoms with Crippen LogP contribution in [-0.4, -0.2) is 37.2 Å². The van der Waals surface area contributed by atoms with Gasteiger partial charge in [-0.3, -0.25) is 14.4 Å². The van der Waals surface area contributed by atoms with Gasteiger partial charge in [-0.1, -0.05) is 245 Å². The molecule has 0 rings (SSSR count). The average molecular weight is 1010 g/mol. The summed E-state index contributed by atoms with van der Waals surface area (Å²) >= 11 is 0. The van der Waals surface area contributed by atoms with E-state index in [1.807, 2.05) is 0 Å². The molecule has 6 heteroatoms. The van der Waals surface area contributed by atoms with Crippen LogP contribution in [0.4, 0.5) is 0 Å². The third-order valence-corrected chi connectivity index (χ3v) is 12.4. The van der Waals surface area contributed by atoms with Gasteiger partial charge in [-0.15, -0.1) is 0 Å². The van der Waals surface area contributed by atoms with E-state index in [4.69, 9.17) is 14.2 Å². The molecule has 0 spiro atoms. The van der Waals surface area contributed by atoms with Crippen molar-refractivity contribution >= 4 is 17.9 Å². The molecule has 414 valence electrons. The van der Waals surface area contributed by atoms with E-state index < -0.39 is 6.10 Å². The van der Waals surface area contributed by atoms with E-state index in [-0.39, 0.29) is 37.5 Å². The van der Waals surface area contributed by atoms with E-state index in [0.717, 1.165) is 116 Å². The van der Waals surface area contributed by atoms with E-state index in [0.29, 0.717) is 19.3 Å². The van der Waals surface area contributed by atoms with Crippen molar-refractivity contribution in [2.45, 2.75) is 271 Å². The molecule has 0 aliphatic heterocycles. The lowest BCUT2D eigenvalue weighted by atomic mass is 10.1. The first-order chi connectivity index (χ1) is 36.0. The van der Waals surface area contributed by atoms with Crippen molar-refractivity contribution in [2.75, 3.05) is 13.2 Å². The maximum Gasteiger partial charge on any atom is 0.306 e. The van der Waals surface area contributed by atoms with Gasteiger partial charge in [-0.2, -0.15) is 0 Å². The molecule has 0 saturated heterocycles. The first-order valence-electron chi connectivity index (χ1n) is 30.0. The maximum atomic E-state index is 12.9. The molecule has 0 aliphatic rings. The first-order valence-corrected chi connectivity index (χ1v) is 30.0. The summed E-state index contributed by atoms with van der Waals surface area (Å²) in [7, 11) is 0. The Bertz CT molecular complexity index is 1540. The molecule has 0 aromatic heterocycles. The summed E-state index contributed by atoms with van der Waals surface area (Å²) in [5, 5.41) is 0. The first kappa shape index (κ1) is 68.8. The van der Waals surface area contributed by atoms with Crippen molar-refractivity contribution in [1.82, 2.24) is 0 Å². The predicted octanol–water partition coefficient (Wildman–Crippen LogP) is 20.4. The van der Waals surface area contributed by atoms with Gasteiger partial charge in [0.1, 0.15) is 13.2 Å². The van der Waals surface area contributed by atoms with Gasteiger partial charge >= 0.3 is 17.9 Å². The Morgan fingerprint density at radius 3 is 0.904 bits per heavy atom. The summed E-state index contributed by atoms with van der Waals surface area (Å²) in [6.07, 6.45) is 83.4. The highest BCUT2D eigenvalue weighted by Gasteiger charge is 2.19. The van der Waals surface area contributed by atoms with Crippen LogP contribution in [0.25, 0.3) is 0 Å². The summed E-state index contributed by atoms with van der Waals surface area (Å²) in [6.45, 7) is 6.36. The fourth-order valence-electron chi connectivity index (χ4n) is 7.99. The van der Waals surface area contributed by atoms with E-state index in [1.54, 1.807) is 0 Å². The number of unbranched alkanes of at least 4 members (excludes halogenated alkanes) is 22. The standard InChI is InChI=1S/C67H110O6/c1-4-7-10-13-16-19-22-25-28-31-33-36-39-42-45-48-51-54-57-60-66(69)72-63-64(62-71-65(68)59-56-53-50-47-44-41-38-35-30-27-24-21-18-15-12-9-6-3)73-67(70)61-58-55-52-49-46-43-40-37-34-32-29-26-23-20-17-14-11-8-5-2/h7,9-10,12,16,18-19,21,25-30,33,36,38,41,47,50,64H,4-6,8,11,13-15,17,20,22-24,31-32,34-35,37,39-40,42-46,48-49,51-63H2,1-3H3/b10-7-,12-9-,19-16-,21-18-,28-25-,29-26-,30-27-,36-33-,41-38-,50-47-. The van der Waals surface area contributed by atoms with Gasteiger partial charge in [0.05, 0.1) is 0 Å². The fraction of sp³-hybridized carbons (Fsp3) is 0.657. The SMILES string of the molecule is CC/C=C\C/C=C\C/C=C\C/C=C\C/C=C\CCCC(=O)OCC(COC(=O)CCCCCCCC/C=C\C/C=C\C/C=C\C/C=C\CC)OC(=O)CCCCCCCCCCC/C=C\CCCCCCCC. The lowest BCUT2D eigenvalue weighted by Crippen LogP contribution is -2.30. The minimum Gasteiger partial charge on any atom is -0.462 e. The Kier molecular flexibility index (Phi) is 56.9. The Balaban J connectivity index is 4.50. The molecule has 0 bridgehead atoms. The minimum atomic E-state index is -0.813. The monoisotopic (exact) mass is 1010 g/mol. The van der Waals surface area contributed by atoms with Crippen molar-refractivity contribution in [3.8, 4) is 0 Å². The van der Waals surface area contributed by atoms with Crippen LogP contribution in [-0.2, 0) is 28.6 Å². The Labute approximate surface area is 450 Å². The van der Waals surface area contributed by atoms with Gasteiger partial charge in [0.25, 0.3) is 0 Å². The topological polar surface area (TPSA) is 78.9 Å². The molecule has 0 fully saturated rings. The van der Waals surface area contributed by atoms with Crippen LogP contribution in [0.2, 0.25) is 0 Å². The Hall–Kier alpha value is -4.19. The summed E-state index contributed by atoms with van der Waals surface area (Å²) < 4.78 is 16.8. The summed E-state index contributed by atoms with van der Waals surface area (Å²) in [5.41, 5.74) is 0. The van der Waals surface area contributed by atoms with Crippen molar-refractivity contribution in [2.24, 2.45) is 0 Å². The van der Waals surface area contributed by atoms with Gasteiger partial charge in [-0.05, 0) is 122 Å². The average Bonchev–Trinajstić information content (AvgIpc) is 3.39. The van der Waals surface area contributed by atoms with E-state index in [9.17, 15) is 14.4 Å². The fourth-order valence-corrected chi connectivity index (χ4v) is 7.99. The van der Waals surface area contributed by atoms with Crippen molar-refractivity contribution in [1.29, 1.82) is 0 Å². The normalized spacial score (nSPS) is 13.0. The summed E-state index contributed by atoms with van der Waals surface area (Å²) in [5.74, 6) is -0.980. The van der Waals surface area contributed by atoms with E-state index in [2.05, 4.69) is 142 Å². The number of carbonyl (C=O) groups is 3. The molecular formula is C67H110O6. The van der Waals surface area contributed by atoms with Gasteiger partial charge in [0.2, 0.25) is 0 Å². The Morgan fingerprint density at radius 2 is 0.548 bits per heavy atom. The second kappa shape index (κ2) is 60.4. The minimum absolute atomic E-state index is 0.106. The molecule has 1 unspecified atom stereocenters. The van der Waals surface area contributed by atoms with Gasteiger partial charge < -0.3 is 14.2 Å². The number of hydrogen-bond acceptors (Lipinski definition) is 6. The molecule has 0 saturated carbocycles. The van der Waals surface area contributed by atoms with Crippen LogP contribution in [0.15, 0.2) is 122 Å². The van der Waals surface area contributed by atoms with Gasteiger partial charge in [0.15, 0.2) is 6.10 Å². The van der Waals surface area contributed by atoms with Crippen molar-refractivity contribution in [3.63, 3.8) is 0 Å².